The number of sulfonamides is 1. The highest BCUT2D eigenvalue weighted by Gasteiger charge is 2.55. The van der Waals surface area contributed by atoms with Crippen LogP contribution < -0.4 is 0 Å². The molecule has 0 amide bonds. The lowest BCUT2D eigenvalue weighted by Gasteiger charge is -2.08. The molecule has 1 saturated heterocycles. The van der Waals surface area contributed by atoms with Gasteiger partial charge in [0.1, 0.15) is 0 Å². The second-order valence-corrected chi connectivity index (χ2v) is 7.81. The summed E-state index contributed by atoms with van der Waals surface area (Å²) in [4.78, 5) is 0.247. The molecule has 1 heterocycles. The second-order valence-electron chi connectivity index (χ2n) is 5.97. The molecule has 3 atom stereocenters. The molecule has 2 unspecified atom stereocenters. The van der Waals surface area contributed by atoms with Gasteiger partial charge in [-0.25, -0.2) is 8.42 Å². The predicted octanol–water partition coefficient (Wildman–Crippen LogP) is 1.95. The molecule has 1 fully saturated rings. The van der Waals surface area contributed by atoms with Crippen LogP contribution in [0.2, 0.25) is 0 Å². The zero-order valence-electron chi connectivity index (χ0n) is 13.5. The van der Waals surface area contributed by atoms with E-state index in [9.17, 15) is 13.5 Å². The maximum absolute atomic E-state index is 12.7. The molecule has 128 valence electrons. The van der Waals surface area contributed by atoms with Crippen LogP contribution in [0, 0.1) is 6.92 Å². The van der Waals surface area contributed by atoms with Crippen molar-refractivity contribution in [1.82, 2.24) is 4.31 Å². The van der Waals surface area contributed by atoms with Gasteiger partial charge in [0, 0.05) is 0 Å². The highest BCUT2D eigenvalue weighted by atomic mass is 32.2. The number of aryl methyl sites for hydroxylation is 1. The van der Waals surface area contributed by atoms with E-state index in [4.69, 9.17) is 4.74 Å². The summed E-state index contributed by atoms with van der Waals surface area (Å²) in [7, 11) is -3.59. The van der Waals surface area contributed by atoms with E-state index in [1.165, 1.54) is 4.31 Å². The van der Waals surface area contributed by atoms with Crippen LogP contribution in [0.1, 0.15) is 11.1 Å². The quantitative estimate of drug-likeness (QED) is 0.778. The Labute approximate surface area is 142 Å². The van der Waals surface area contributed by atoms with Gasteiger partial charge in [-0.15, -0.1) is 0 Å². The largest absolute Gasteiger partial charge is 0.395 e. The summed E-state index contributed by atoms with van der Waals surface area (Å²) < 4.78 is 32.3. The van der Waals surface area contributed by atoms with Crippen molar-refractivity contribution < 1.29 is 18.3 Å². The summed E-state index contributed by atoms with van der Waals surface area (Å²) in [5.41, 5.74) is 2.04. The Hall–Kier alpha value is -1.73. The van der Waals surface area contributed by atoms with E-state index in [0.717, 1.165) is 11.1 Å². The maximum atomic E-state index is 12.7. The van der Waals surface area contributed by atoms with E-state index >= 15 is 0 Å². The van der Waals surface area contributed by atoms with Crippen molar-refractivity contribution >= 4 is 10.0 Å². The van der Waals surface area contributed by atoms with Crippen LogP contribution in [0.5, 0.6) is 0 Å². The Kier molecular flexibility index (Phi) is 5.01. The summed E-state index contributed by atoms with van der Waals surface area (Å²) in [6, 6.07) is 15.7. The van der Waals surface area contributed by atoms with Crippen LogP contribution in [-0.4, -0.2) is 43.1 Å². The number of aliphatic hydroxyl groups is 1. The van der Waals surface area contributed by atoms with Crippen molar-refractivity contribution in [3.63, 3.8) is 0 Å². The van der Waals surface area contributed by atoms with Crippen molar-refractivity contribution in [3.8, 4) is 0 Å². The maximum Gasteiger partial charge on any atom is 0.243 e. The van der Waals surface area contributed by atoms with Gasteiger partial charge in [0.05, 0.1) is 36.8 Å². The minimum absolute atomic E-state index is 0.204. The van der Waals surface area contributed by atoms with Crippen LogP contribution >= 0.6 is 0 Å². The number of aliphatic hydroxyl groups excluding tert-OH is 1. The molecule has 1 aliphatic rings. The molecule has 0 radical (unpaired) electrons. The Bertz CT molecular complexity index is 774. The molecule has 5 nitrogen and oxygen atoms in total. The minimum atomic E-state index is -3.59. The Morgan fingerprint density at radius 3 is 2.33 bits per heavy atom. The number of nitrogens with zero attached hydrogens (tertiary/aromatic N) is 1. The van der Waals surface area contributed by atoms with Gasteiger partial charge in [-0.2, -0.15) is 4.31 Å². The lowest BCUT2D eigenvalue weighted by atomic mass is 10.2. The lowest BCUT2D eigenvalue weighted by molar-refractivity contribution is 0.117. The molecule has 3 rings (SSSR count). The first-order valence-corrected chi connectivity index (χ1v) is 9.31. The van der Waals surface area contributed by atoms with Gasteiger partial charge >= 0.3 is 0 Å². The average Bonchev–Trinajstić information content (AvgIpc) is 3.30. The SMILES string of the molecule is Cc1ccc(S(=O)(=O)N2C(COCc3ccccc3)[C@@H]2CO)cc1. The summed E-state index contributed by atoms with van der Waals surface area (Å²) >= 11 is 0. The molecule has 0 aromatic heterocycles. The zero-order valence-corrected chi connectivity index (χ0v) is 14.3. The molecular weight excluding hydrogens is 326 g/mol. The van der Waals surface area contributed by atoms with Gasteiger partial charge in [0.2, 0.25) is 10.0 Å². The van der Waals surface area contributed by atoms with E-state index in [1.807, 2.05) is 37.3 Å². The average molecular weight is 347 g/mol. The standard InChI is InChI=1S/C18H21NO4S/c1-14-7-9-16(10-8-14)24(21,22)19-17(11-20)18(19)13-23-12-15-5-3-2-4-6-15/h2-10,17-18,20H,11-13H2,1H3/t17-,18?,19?/m0/s1. The molecular formula is C18H21NO4S. The number of benzene rings is 2. The molecule has 1 aliphatic heterocycles. The van der Waals surface area contributed by atoms with Gasteiger partial charge < -0.3 is 9.84 Å². The highest BCUT2D eigenvalue weighted by molar-refractivity contribution is 7.89. The molecule has 2 aromatic rings. The molecule has 0 saturated carbocycles. The van der Waals surface area contributed by atoms with Crippen molar-refractivity contribution in [3.05, 3.63) is 65.7 Å². The predicted molar refractivity (Wildman–Crippen MR) is 91.0 cm³/mol. The minimum Gasteiger partial charge on any atom is -0.395 e. The first-order valence-electron chi connectivity index (χ1n) is 7.87. The first kappa shape index (κ1) is 17.1. The molecule has 1 N–H and O–H groups in total. The molecule has 24 heavy (non-hydrogen) atoms. The van der Waals surface area contributed by atoms with Gasteiger partial charge in [0.25, 0.3) is 0 Å². The second kappa shape index (κ2) is 7.03. The summed E-state index contributed by atoms with van der Waals surface area (Å²) in [5.74, 6) is 0. The van der Waals surface area contributed by atoms with Crippen LogP contribution in [0.25, 0.3) is 0 Å². The summed E-state index contributed by atoms with van der Waals surface area (Å²) in [6.07, 6.45) is 0. The van der Waals surface area contributed by atoms with E-state index in [-0.39, 0.29) is 24.2 Å². The van der Waals surface area contributed by atoms with Gasteiger partial charge in [-0.3, -0.25) is 0 Å². The fourth-order valence-electron chi connectivity index (χ4n) is 2.76. The number of hydrogen-bond acceptors (Lipinski definition) is 4. The fourth-order valence-corrected chi connectivity index (χ4v) is 4.55. The Balaban J connectivity index is 1.64. The molecule has 0 bridgehead atoms. The van der Waals surface area contributed by atoms with Gasteiger partial charge in [-0.1, -0.05) is 48.0 Å². The Morgan fingerprint density at radius 2 is 1.71 bits per heavy atom. The molecule has 2 aromatic carbocycles. The summed E-state index contributed by atoms with van der Waals surface area (Å²) in [5, 5.41) is 9.46. The van der Waals surface area contributed by atoms with Crippen LogP contribution in [0.4, 0.5) is 0 Å². The zero-order chi connectivity index (χ0) is 17.2. The smallest absolute Gasteiger partial charge is 0.243 e. The number of ether oxygens (including phenoxy) is 1. The van der Waals surface area contributed by atoms with Crippen LogP contribution in [0.15, 0.2) is 59.5 Å². The van der Waals surface area contributed by atoms with Crippen molar-refractivity contribution in [2.24, 2.45) is 0 Å². The van der Waals surface area contributed by atoms with Crippen LogP contribution in [-0.2, 0) is 21.4 Å². The van der Waals surface area contributed by atoms with Crippen molar-refractivity contribution in [1.29, 1.82) is 0 Å². The molecule has 6 heteroatoms. The third kappa shape index (κ3) is 3.52. The van der Waals surface area contributed by atoms with Crippen molar-refractivity contribution in [2.45, 2.75) is 30.5 Å². The first-order chi connectivity index (χ1) is 11.5. The van der Waals surface area contributed by atoms with Crippen LogP contribution in [0.3, 0.4) is 0 Å². The van der Waals surface area contributed by atoms with Gasteiger partial charge in [0.15, 0.2) is 0 Å². The van der Waals surface area contributed by atoms with E-state index in [1.54, 1.807) is 24.3 Å². The fraction of sp³-hybridized carbons (Fsp3) is 0.333. The van der Waals surface area contributed by atoms with E-state index < -0.39 is 16.1 Å². The Morgan fingerprint density at radius 1 is 1.04 bits per heavy atom. The third-order valence-electron chi connectivity index (χ3n) is 4.19. The lowest BCUT2D eigenvalue weighted by Crippen LogP contribution is -2.18. The van der Waals surface area contributed by atoms with E-state index in [0.29, 0.717) is 6.61 Å². The third-order valence-corrected chi connectivity index (χ3v) is 6.16. The van der Waals surface area contributed by atoms with E-state index in [2.05, 4.69) is 0 Å². The number of rotatable bonds is 7. The normalized spacial score (nSPS) is 23.2. The topological polar surface area (TPSA) is 66.6 Å². The van der Waals surface area contributed by atoms with Crippen molar-refractivity contribution in [2.75, 3.05) is 13.2 Å². The molecule has 0 spiro atoms. The molecule has 0 aliphatic carbocycles. The number of hydrogen-bond donors (Lipinski definition) is 1. The monoisotopic (exact) mass is 347 g/mol. The van der Waals surface area contributed by atoms with Gasteiger partial charge in [-0.05, 0) is 24.6 Å². The highest BCUT2D eigenvalue weighted by Crippen LogP contribution is 2.36. The summed E-state index contributed by atoms with van der Waals surface area (Å²) in [6.45, 7) is 2.40.